The van der Waals surface area contributed by atoms with Crippen LogP contribution < -0.4 is 23.3 Å². The number of carbonyl (C=O) groups is 1. The highest BCUT2D eigenvalue weighted by molar-refractivity contribution is 7.92. The summed E-state index contributed by atoms with van der Waals surface area (Å²) in [6, 6.07) is 14.9. The molecule has 0 bridgehead atoms. The molecule has 0 aliphatic heterocycles. The summed E-state index contributed by atoms with van der Waals surface area (Å²) in [7, 11) is 2.00. The maximum atomic E-state index is 12.8. The van der Waals surface area contributed by atoms with E-state index in [-0.39, 0.29) is 16.2 Å². The molecule has 0 aromatic heterocycles. The van der Waals surface area contributed by atoms with Crippen LogP contribution in [0, 0.1) is 0 Å². The molecule has 8 nitrogen and oxygen atoms in total. The van der Waals surface area contributed by atoms with Crippen LogP contribution in [-0.2, 0) is 10.0 Å². The smallest absolute Gasteiger partial charge is 0.343 e. The first kappa shape index (κ1) is 24.2. The van der Waals surface area contributed by atoms with Crippen LogP contribution >= 0.6 is 11.6 Å². The van der Waals surface area contributed by atoms with E-state index in [0.717, 1.165) is 4.31 Å². The van der Waals surface area contributed by atoms with Gasteiger partial charge < -0.3 is 18.9 Å². The van der Waals surface area contributed by atoms with E-state index in [2.05, 4.69) is 0 Å². The van der Waals surface area contributed by atoms with Crippen LogP contribution in [0.3, 0.4) is 0 Å². The molecule has 0 unspecified atom stereocenters. The number of rotatable bonds is 8. The molecule has 3 aromatic rings. The first-order chi connectivity index (χ1) is 15.7. The number of nitrogens with zero attached hydrogens (tertiary/aromatic N) is 1. The van der Waals surface area contributed by atoms with Gasteiger partial charge in [-0.2, -0.15) is 0 Å². The van der Waals surface area contributed by atoms with Gasteiger partial charge in [-0.05, 0) is 60.7 Å². The van der Waals surface area contributed by atoms with E-state index in [0.29, 0.717) is 28.0 Å². The molecule has 3 aromatic carbocycles. The normalized spacial score (nSPS) is 10.9. The van der Waals surface area contributed by atoms with Gasteiger partial charge in [0.05, 0.1) is 37.5 Å². The molecule has 0 N–H and O–H groups in total. The molecule has 0 saturated carbocycles. The van der Waals surface area contributed by atoms with Gasteiger partial charge in [-0.1, -0.05) is 11.6 Å². The fourth-order valence-electron chi connectivity index (χ4n) is 2.99. The van der Waals surface area contributed by atoms with Gasteiger partial charge in [0.1, 0.15) is 5.75 Å². The van der Waals surface area contributed by atoms with Crippen molar-refractivity contribution in [3.8, 4) is 23.0 Å². The zero-order chi connectivity index (χ0) is 24.2. The molecule has 0 atom stereocenters. The largest absolute Gasteiger partial charge is 0.493 e. The fourth-order valence-corrected chi connectivity index (χ4v) is 4.31. The molecule has 0 fully saturated rings. The maximum Gasteiger partial charge on any atom is 0.343 e. The highest BCUT2D eigenvalue weighted by Crippen LogP contribution is 2.38. The van der Waals surface area contributed by atoms with Crippen molar-refractivity contribution >= 4 is 33.3 Å². The Labute approximate surface area is 197 Å². The van der Waals surface area contributed by atoms with Gasteiger partial charge in [-0.25, -0.2) is 13.2 Å². The van der Waals surface area contributed by atoms with E-state index >= 15 is 0 Å². The lowest BCUT2D eigenvalue weighted by atomic mass is 10.2. The summed E-state index contributed by atoms with van der Waals surface area (Å²) in [6.45, 7) is 0. The van der Waals surface area contributed by atoms with E-state index in [1.54, 1.807) is 0 Å². The molecule has 0 amide bonds. The maximum absolute atomic E-state index is 12.8. The lowest BCUT2D eigenvalue weighted by Crippen LogP contribution is -2.26. The van der Waals surface area contributed by atoms with E-state index in [9.17, 15) is 13.2 Å². The van der Waals surface area contributed by atoms with E-state index in [4.69, 9.17) is 30.5 Å². The molecule has 33 heavy (non-hydrogen) atoms. The number of halogens is 1. The molecule has 174 valence electrons. The lowest BCUT2D eigenvalue weighted by molar-refractivity contribution is 0.0734. The topological polar surface area (TPSA) is 91.4 Å². The number of hydrogen-bond donors (Lipinski definition) is 0. The predicted octanol–water partition coefficient (Wildman–Crippen LogP) is 4.41. The van der Waals surface area contributed by atoms with Crippen molar-refractivity contribution in [3.63, 3.8) is 0 Å². The number of sulfonamides is 1. The van der Waals surface area contributed by atoms with Crippen molar-refractivity contribution in [1.82, 2.24) is 0 Å². The number of anilines is 1. The quantitative estimate of drug-likeness (QED) is 0.340. The average Bonchev–Trinajstić information content (AvgIpc) is 2.83. The number of ether oxygens (including phenoxy) is 4. The molecule has 0 saturated heterocycles. The van der Waals surface area contributed by atoms with Crippen molar-refractivity contribution in [2.75, 3.05) is 32.7 Å². The van der Waals surface area contributed by atoms with Gasteiger partial charge in [0.2, 0.25) is 5.75 Å². The van der Waals surface area contributed by atoms with Crippen molar-refractivity contribution in [2.45, 2.75) is 4.90 Å². The van der Waals surface area contributed by atoms with Crippen LogP contribution in [0.1, 0.15) is 10.4 Å². The van der Waals surface area contributed by atoms with Crippen LogP contribution in [0.25, 0.3) is 0 Å². The zero-order valence-electron chi connectivity index (χ0n) is 18.4. The third-order valence-corrected chi connectivity index (χ3v) is 6.84. The van der Waals surface area contributed by atoms with E-state index in [1.807, 2.05) is 0 Å². The summed E-state index contributed by atoms with van der Waals surface area (Å²) in [4.78, 5) is 12.8. The average molecular weight is 492 g/mol. The third-order valence-electron chi connectivity index (χ3n) is 4.78. The predicted molar refractivity (Wildman–Crippen MR) is 125 cm³/mol. The SMILES string of the molecule is COc1cc(C(=O)Oc2ccc(N(C)S(=O)(=O)c3ccc(Cl)cc3)cc2)cc(OC)c1OC. The number of methoxy groups -OCH3 is 3. The number of hydrogen-bond acceptors (Lipinski definition) is 7. The van der Waals surface area contributed by atoms with Crippen molar-refractivity contribution in [2.24, 2.45) is 0 Å². The molecule has 10 heteroatoms. The Hall–Kier alpha value is -3.43. The van der Waals surface area contributed by atoms with Gasteiger partial charge in [-0.3, -0.25) is 4.31 Å². The van der Waals surface area contributed by atoms with Crippen LogP contribution in [-0.4, -0.2) is 42.8 Å². The van der Waals surface area contributed by atoms with Crippen molar-refractivity contribution in [3.05, 3.63) is 71.2 Å². The zero-order valence-corrected chi connectivity index (χ0v) is 19.9. The number of benzene rings is 3. The van der Waals surface area contributed by atoms with Crippen LogP contribution in [0.5, 0.6) is 23.0 Å². The van der Waals surface area contributed by atoms with Gasteiger partial charge in [0.25, 0.3) is 10.0 Å². The molecule has 0 aliphatic rings. The first-order valence-electron chi connectivity index (χ1n) is 9.58. The van der Waals surface area contributed by atoms with Gasteiger partial charge in [0.15, 0.2) is 11.5 Å². The number of esters is 1. The minimum absolute atomic E-state index is 0.104. The van der Waals surface area contributed by atoms with Gasteiger partial charge >= 0.3 is 5.97 Å². The molecule has 0 heterocycles. The summed E-state index contributed by atoms with van der Waals surface area (Å²) < 4.78 is 48.0. The van der Waals surface area contributed by atoms with Crippen LogP contribution in [0.4, 0.5) is 5.69 Å². The second-order valence-electron chi connectivity index (χ2n) is 6.72. The van der Waals surface area contributed by atoms with Gasteiger partial charge in [-0.15, -0.1) is 0 Å². The monoisotopic (exact) mass is 491 g/mol. The second-order valence-corrected chi connectivity index (χ2v) is 9.13. The lowest BCUT2D eigenvalue weighted by Gasteiger charge is -2.20. The Morgan fingerprint density at radius 3 is 1.88 bits per heavy atom. The second kappa shape index (κ2) is 10.0. The highest BCUT2D eigenvalue weighted by atomic mass is 35.5. The molecule has 0 aliphatic carbocycles. The molecule has 0 radical (unpaired) electrons. The summed E-state index contributed by atoms with van der Waals surface area (Å²) in [5, 5.41) is 0.440. The highest BCUT2D eigenvalue weighted by Gasteiger charge is 2.22. The minimum atomic E-state index is -3.78. The molecular weight excluding hydrogens is 470 g/mol. The molecule has 3 rings (SSSR count). The summed E-state index contributed by atoms with van der Waals surface area (Å²) in [5.74, 6) is 0.561. The minimum Gasteiger partial charge on any atom is -0.493 e. The van der Waals surface area contributed by atoms with E-state index in [1.165, 1.54) is 89.0 Å². The van der Waals surface area contributed by atoms with Crippen LogP contribution in [0.2, 0.25) is 5.02 Å². The van der Waals surface area contributed by atoms with Crippen molar-refractivity contribution in [1.29, 1.82) is 0 Å². The molecule has 0 spiro atoms. The Balaban J connectivity index is 1.79. The summed E-state index contributed by atoms with van der Waals surface area (Å²) >= 11 is 5.84. The Morgan fingerprint density at radius 1 is 0.848 bits per heavy atom. The summed E-state index contributed by atoms with van der Waals surface area (Å²) in [5.41, 5.74) is 0.577. The summed E-state index contributed by atoms with van der Waals surface area (Å²) in [6.07, 6.45) is 0. The number of carbonyl (C=O) groups excluding carboxylic acids is 1. The standard InChI is InChI=1S/C23H22ClNO7S/c1-25(33(27,28)19-11-5-16(24)6-12-19)17-7-9-18(10-8-17)32-23(26)15-13-20(29-2)22(31-4)21(14-15)30-3/h5-14H,1-4H3. The third kappa shape index (κ3) is 5.15. The molecular formula is C23H22ClNO7S. The Morgan fingerprint density at radius 2 is 1.39 bits per heavy atom. The Kier molecular flexibility index (Phi) is 7.35. The van der Waals surface area contributed by atoms with Gasteiger partial charge in [0, 0.05) is 12.1 Å². The first-order valence-corrected chi connectivity index (χ1v) is 11.4. The fraction of sp³-hybridized carbons (Fsp3) is 0.174. The van der Waals surface area contributed by atoms with E-state index < -0.39 is 16.0 Å². The van der Waals surface area contributed by atoms with Crippen LogP contribution in [0.15, 0.2) is 65.6 Å². The Bertz CT molecular complexity index is 1220. The van der Waals surface area contributed by atoms with Crippen molar-refractivity contribution < 1.29 is 32.2 Å².